The molecule has 1 aromatic carbocycles. The number of hydrogen-bond donors (Lipinski definition) is 1. The standard InChI is InChI=1S/C14H17ClN2O/c1-8-3-4-16-12(5-8)14-17-11-7-10(15)6-9(2)13(11)18-14/h6-8,12,16H,3-5H2,1-2H3. The van der Waals surface area contributed by atoms with Crippen molar-refractivity contribution < 1.29 is 4.42 Å². The molecule has 0 bridgehead atoms. The average Bonchev–Trinajstić information content (AvgIpc) is 2.73. The number of hydrogen-bond acceptors (Lipinski definition) is 3. The van der Waals surface area contributed by atoms with E-state index >= 15 is 0 Å². The van der Waals surface area contributed by atoms with Gasteiger partial charge in [-0.25, -0.2) is 4.98 Å². The van der Waals surface area contributed by atoms with Crippen LogP contribution in [-0.2, 0) is 0 Å². The molecule has 18 heavy (non-hydrogen) atoms. The Morgan fingerprint density at radius 3 is 3.06 bits per heavy atom. The molecule has 1 fully saturated rings. The van der Waals surface area contributed by atoms with E-state index in [-0.39, 0.29) is 6.04 Å². The topological polar surface area (TPSA) is 38.1 Å². The van der Waals surface area contributed by atoms with Gasteiger partial charge in [0, 0.05) is 5.02 Å². The minimum atomic E-state index is 0.235. The Morgan fingerprint density at radius 1 is 1.44 bits per heavy atom. The summed E-state index contributed by atoms with van der Waals surface area (Å²) in [6.07, 6.45) is 2.31. The van der Waals surface area contributed by atoms with Crippen LogP contribution < -0.4 is 5.32 Å². The molecule has 4 heteroatoms. The van der Waals surface area contributed by atoms with Gasteiger partial charge in [0.2, 0.25) is 5.89 Å². The number of piperidine rings is 1. The fraction of sp³-hybridized carbons (Fsp3) is 0.500. The smallest absolute Gasteiger partial charge is 0.212 e. The lowest BCUT2D eigenvalue weighted by Crippen LogP contribution is -2.30. The predicted octanol–water partition coefficient (Wildman–Crippen LogP) is 3.85. The third kappa shape index (κ3) is 2.13. The molecule has 1 aliphatic heterocycles. The summed E-state index contributed by atoms with van der Waals surface area (Å²) in [6, 6.07) is 4.01. The van der Waals surface area contributed by atoms with Crippen molar-refractivity contribution in [3.05, 3.63) is 28.6 Å². The van der Waals surface area contributed by atoms with Gasteiger partial charge in [0.15, 0.2) is 5.58 Å². The number of rotatable bonds is 1. The monoisotopic (exact) mass is 264 g/mol. The summed E-state index contributed by atoms with van der Waals surface area (Å²) in [4.78, 5) is 4.58. The van der Waals surface area contributed by atoms with Gasteiger partial charge >= 0.3 is 0 Å². The summed E-state index contributed by atoms with van der Waals surface area (Å²) in [5.41, 5.74) is 2.75. The molecule has 0 saturated carbocycles. The van der Waals surface area contributed by atoms with Gasteiger partial charge in [0.05, 0.1) is 6.04 Å². The molecule has 3 nitrogen and oxygen atoms in total. The third-order valence-electron chi connectivity index (χ3n) is 3.62. The lowest BCUT2D eigenvalue weighted by molar-refractivity contribution is 0.287. The van der Waals surface area contributed by atoms with E-state index in [1.165, 1.54) is 6.42 Å². The number of nitrogens with zero attached hydrogens (tertiary/aromatic N) is 1. The Morgan fingerprint density at radius 2 is 2.28 bits per heavy atom. The molecular weight excluding hydrogens is 248 g/mol. The normalized spacial score (nSPS) is 24.6. The summed E-state index contributed by atoms with van der Waals surface area (Å²) in [5.74, 6) is 1.51. The van der Waals surface area contributed by atoms with E-state index in [4.69, 9.17) is 16.0 Å². The minimum Gasteiger partial charge on any atom is -0.439 e. The Kier molecular flexibility index (Phi) is 3.04. The first-order chi connectivity index (χ1) is 8.63. The van der Waals surface area contributed by atoms with Crippen LogP contribution in [0.1, 0.15) is 37.3 Å². The summed E-state index contributed by atoms with van der Waals surface area (Å²) in [6.45, 7) is 5.31. The van der Waals surface area contributed by atoms with Crippen molar-refractivity contribution in [1.82, 2.24) is 10.3 Å². The second kappa shape index (κ2) is 4.56. The van der Waals surface area contributed by atoms with Crippen LogP contribution in [0.25, 0.3) is 11.1 Å². The second-order valence-electron chi connectivity index (χ2n) is 5.26. The number of aryl methyl sites for hydroxylation is 1. The number of benzene rings is 1. The molecule has 1 aliphatic rings. The van der Waals surface area contributed by atoms with Gasteiger partial charge in [-0.15, -0.1) is 0 Å². The predicted molar refractivity (Wildman–Crippen MR) is 72.9 cm³/mol. The molecule has 0 spiro atoms. The molecule has 96 valence electrons. The van der Waals surface area contributed by atoms with Crippen molar-refractivity contribution in [3.8, 4) is 0 Å². The Labute approximate surface area is 112 Å². The molecular formula is C14H17ClN2O. The zero-order valence-corrected chi connectivity index (χ0v) is 11.4. The highest BCUT2D eigenvalue weighted by Gasteiger charge is 2.24. The summed E-state index contributed by atoms with van der Waals surface area (Å²) in [7, 11) is 0. The van der Waals surface area contributed by atoms with Crippen molar-refractivity contribution >= 4 is 22.7 Å². The number of halogens is 1. The minimum absolute atomic E-state index is 0.235. The van der Waals surface area contributed by atoms with Gasteiger partial charge in [0.25, 0.3) is 0 Å². The number of nitrogens with one attached hydrogen (secondary N) is 1. The van der Waals surface area contributed by atoms with Gasteiger partial charge in [-0.2, -0.15) is 0 Å². The lowest BCUT2D eigenvalue weighted by atomic mass is 9.94. The molecule has 2 unspecified atom stereocenters. The largest absolute Gasteiger partial charge is 0.439 e. The lowest BCUT2D eigenvalue weighted by Gasteiger charge is -2.25. The highest BCUT2D eigenvalue weighted by Crippen LogP contribution is 2.31. The second-order valence-corrected chi connectivity index (χ2v) is 5.70. The van der Waals surface area contributed by atoms with Crippen LogP contribution in [0.15, 0.2) is 16.5 Å². The molecule has 1 aromatic heterocycles. The zero-order valence-electron chi connectivity index (χ0n) is 10.7. The van der Waals surface area contributed by atoms with E-state index in [1.54, 1.807) is 0 Å². The SMILES string of the molecule is Cc1cc(Cl)cc2nc(C3CC(C)CCN3)oc12. The molecule has 0 aliphatic carbocycles. The van der Waals surface area contributed by atoms with Gasteiger partial charge in [-0.05, 0) is 49.9 Å². The number of oxazole rings is 1. The van der Waals surface area contributed by atoms with Crippen molar-refractivity contribution in [3.63, 3.8) is 0 Å². The van der Waals surface area contributed by atoms with Crippen molar-refractivity contribution in [1.29, 1.82) is 0 Å². The maximum absolute atomic E-state index is 6.04. The molecule has 3 rings (SSSR count). The Hall–Kier alpha value is -1.06. The van der Waals surface area contributed by atoms with Gasteiger partial charge in [-0.1, -0.05) is 18.5 Å². The molecule has 0 amide bonds. The highest BCUT2D eigenvalue weighted by molar-refractivity contribution is 6.31. The fourth-order valence-electron chi connectivity index (χ4n) is 2.62. The van der Waals surface area contributed by atoms with Gasteiger partial charge in [-0.3, -0.25) is 0 Å². The van der Waals surface area contributed by atoms with E-state index < -0.39 is 0 Å². The number of fused-ring (bicyclic) bond motifs is 1. The third-order valence-corrected chi connectivity index (χ3v) is 3.84. The first-order valence-electron chi connectivity index (χ1n) is 6.43. The summed E-state index contributed by atoms with van der Waals surface area (Å²) in [5, 5.41) is 4.18. The molecule has 2 heterocycles. The van der Waals surface area contributed by atoms with E-state index in [1.807, 2.05) is 19.1 Å². The first kappa shape index (κ1) is 12.0. The quantitative estimate of drug-likeness (QED) is 0.850. The maximum Gasteiger partial charge on any atom is 0.212 e. The summed E-state index contributed by atoms with van der Waals surface area (Å²) < 4.78 is 5.91. The maximum atomic E-state index is 6.04. The van der Waals surface area contributed by atoms with Crippen LogP contribution in [0.5, 0.6) is 0 Å². The van der Waals surface area contributed by atoms with Crippen molar-refractivity contribution in [2.75, 3.05) is 6.54 Å². The molecule has 2 aromatic rings. The molecule has 0 radical (unpaired) electrons. The molecule has 2 atom stereocenters. The van der Waals surface area contributed by atoms with E-state index in [0.29, 0.717) is 5.02 Å². The van der Waals surface area contributed by atoms with Gasteiger partial charge in [0.1, 0.15) is 5.52 Å². The Balaban J connectivity index is 2.00. The molecule has 1 saturated heterocycles. The van der Waals surface area contributed by atoms with Crippen LogP contribution in [0, 0.1) is 12.8 Å². The zero-order chi connectivity index (χ0) is 12.7. The fourth-order valence-corrected chi connectivity index (χ4v) is 2.89. The first-order valence-corrected chi connectivity index (χ1v) is 6.81. The summed E-state index contributed by atoms with van der Waals surface area (Å²) >= 11 is 6.04. The van der Waals surface area contributed by atoms with E-state index in [9.17, 15) is 0 Å². The van der Waals surface area contributed by atoms with Crippen molar-refractivity contribution in [2.24, 2.45) is 5.92 Å². The van der Waals surface area contributed by atoms with E-state index in [2.05, 4.69) is 17.2 Å². The van der Waals surface area contributed by atoms with Crippen LogP contribution >= 0.6 is 11.6 Å². The van der Waals surface area contributed by atoms with Crippen LogP contribution in [-0.4, -0.2) is 11.5 Å². The van der Waals surface area contributed by atoms with Crippen molar-refractivity contribution in [2.45, 2.75) is 32.7 Å². The highest BCUT2D eigenvalue weighted by atomic mass is 35.5. The van der Waals surface area contributed by atoms with Gasteiger partial charge < -0.3 is 9.73 Å². The molecule has 1 N–H and O–H groups in total. The van der Waals surface area contributed by atoms with Crippen LogP contribution in [0.3, 0.4) is 0 Å². The Bertz CT molecular complexity index is 578. The van der Waals surface area contributed by atoms with E-state index in [0.717, 1.165) is 41.4 Å². The van der Waals surface area contributed by atoms with Crippen LogP contribution in [0.2, 0.25) is 5.02 Å². The average molecular weight is 265 g/mol. The van der Waals surface area contributed by atoms with Crippen LogP contribution in [0.4, 0.5) is 0 Å². The number of aromatic nitrogens is 1.